The van der Waals surface area contributed by atoms with Gasteiger partial charge in [-0.05, 0) is 18.1 Å². The van der Waals surface area contributed by atoms with Crippen molar-refractivity contribution in [2.75, 3.05) is 5.75 Å². The summed E-state index contributed by atoms with van der Waals surface area (Å²) in [5.41, 5.74) is 0.536. The van der Waals surface area contributed by atoms with Crippen molar-refractivity contribution in [2.24, 2.45) is 0 Å². The quantitative estimate of drug-likeness (QED) is 0.737. The third-order valence-electron chi connectivity index (χ3n) is 2.27. The zero-order chi connectivity index (χ0) is 9.47. The summed E-state index contributed by atoms with van der Waals surface area (Å²) in [6.07, 6.45) is -0.320. The standard InChI is InChI=1S/C9H10O3S.ClH/c10-8-5-6-13(11,12)9-4-2-1-3-7(8)9;/h1-4,8,10H,5-6H2;1H. The predicted molar refractivity (Wildman–Crippen MR) is 55.3 cm³/mol. The Labute approximate surface area is 89.1 Å². The number of rotatable bonds is 0. The molecule has 3 nitrogen and oxygen atoms in total. The van der Waals surface area contributed by atoms with E-state index >= 15 is 0 Å². The number of aliphatic hydroxyl groups is 1. The molecular formula is C9H11ClO3S. The molecule has 0 saturated carbocycles. The first kappa shape index (κ1) is 11.5. The zero-order valence-corrected chi connectivity index (χ0v) is 9.01. The summed E-state index contributed by atoms with van der Waals surface area (Å²) in [5.74, 6) is 0.0468. The summed E-state index contributed by atoms with van der Waals surface area (Å²) < 4.78 is 23.0. The number of halogens is 1. The molecule has 0 spiro atoms. The minimum Gasteiger partial charge on any atom is -0.388 e. The van der Waals surface area contributed by atoms with Gasteiger partial charge in [-0.3, -0.25) is 0 Å². The van der Waals surface area contributed by atoms with E-state index in [4.69, 9.17) is 0 Å². The van der Waals surface area contributed by atoms with Crippen LogP contribution in [0.2, 0.25) is 0 Å². The van der Waals surface area contributed by atoms with Crippen molar-refractivity contribution >= 4 is 22.2 Å². The van der Waals surface area contributed by atoms with Gasteiger partial charge in [-0.1, -0.05) is 18.2 Å². The zero-order valence-electron chi connectivity index (χ0n) is 7.38. The predicted octanol–water partition coefficient (Wildman–Crippen LogP) is 1.32. The van der Waals surface area contributed by atoms with Gasteiger partial charge in [0.2, 0.25) is 0 Å². The Morgan fingerprint density at radius 1 is 1.29 bits per heavy atom. The highest BCUT2D eigenvalue weighted by Gasteiger charge is 2.28. The van der Waals surface area contributed by atoms with Gasteiger partial charge in [0.15, 0.2) is 9.84 Å². The van der Waals surface area contributed by atoms with Crippen LogP contribution in [0.15, 0.2) is 29.2 Å². The van der Waals surface area contributed by atoms with E-state index in [0.717, 1.165) is 0 Å². The SMILES string of the molecule is Cl.O=S1(=O)CCC(O)c2ccccc21. The normalized spacial score (nSPS) is 23.4. The van der Waals surface area contributed by atoms with Crippen molar-refractivity contribution in [3.63, 3.8) is 0 Å². The largest absolute Gasteiger partial charge is 0.388 e. The fourth-order valence-electron chi connectivity index (χ4n) is 1.57. The second-order valence-electron chi connectivity index (χ2n) is 3.16. The van der Waals surface area contributed by atoms with Gasteiger partial charge >= 0.3 is 0 Å². The van der Waals surface area contributed by atoms with Crippen molar-refractivity contribution in [1.82, 2.24) is 0 Å². The second kappa shape index (κ2) is 3.88. The molecule has 1 aromatic rings. The van der Waals surface area contributed by atoms with E-state index in [9.17, 15) is 13.5 Å². The molecule has 1 aliphatic rings. The van der Waals surface area contributed by atoms with E-state index in [2.05, 4.69) is 0 Å². The molecule has 0 radical (unpaired) electrons. The topological polar surface area (TPSA) is 54.4 Å². The number of hydrogen-bond donors (Lipinski definition) is 1. The van der Waals surface area contributed by atoms with Crippen molar-refractivity contribution in [3.8, 4) is 0 Å². The van der Waals surface area contributed by atoms with Crippen LogP contribution in [0.4, 0.5) is 0 Å². The number of sulfone groups is 1. The first-order valence-electron chi connectivity index (χ1n) is 4.11. The Kier molecular flexibility index (Phi) is 3.19. The summed E-state index contributed by atoms with van der Waals surface area (Å²) in [7, 11) is -3.13. The summed E-state index contributed by atoms with van der Waals surface area (Å²) in [4.78, 5) is 0.286. The minimum atomic E-state index is -3.13. The maximum Gasteiger partial charge on any atom is 0.178 e. The maximum atomic E-state index is 11.5. The van der Waals surface area contributed by atoms with Gasteiger partial charge in [-0.2, -0.15) is 0 Å². The van der Waals surface area contributed by atoms with Crippen LogP contribution in [0.5, 0.6) is 0 Å². The van der Waals surface area contributed by atoms with E-state index in [1.165, 1.54) is 0 Å². The van der Waals surface area contributed by atoms with Crippen LogP contribution in [0, 0.1) is 0 Å². The first-order valence-corrected chi connectivity index (χ1v) is 5.76. The smallest absolute Gasteiger partial charge is 0.178 e. The molecule has 1 aromatic carbocycles. The van der Waals surface area contributed by atoms with Crippen LogP contribution in [-0.2, 0) is 9.84 Å². The number of benzene rings is 1. The van der Waals surface area contributed by atoms with Gasteiger partial charge in [-0.15, -0.1) is 12.4 Å². The molecule has 0 amide bonds. The molecule has 0 aliphatic carbocycles. The van der Waals surface area contributed by atoms with Crippen LogP contribution in [-0.4, -0.2) is 19.3 Å². The average molecular weight is 235 g/mol. The summed E-state index contributed by atoms with van der Waals surface area (Å²) in [6.45, 7) is 0. The van der Waals surface area contributed by atoms with Crippen LogP contribution >= 0.6 is 12.4 Å². The Hall–Kier alpha value is -0.580. The first-order chi connectivity index (χ1) is 6.11. The third kappa shape index (κ3) is 1.78. The molecule has 1 atom stereocenters. The minimum absolute atomic E-state index is 0. The summed E-state index contributed by atoms with van der Waals surface area (Å²) in [5, 5.41) is 9.53. The fourth-order valence-corrected chi connectivity index (χ4v) is 3.17. The third-order valence-corrected chi connectivity index (χ3v) is 4.09. The molecule has 0 fully saturated rings. The van der Waals surface area contributed by atoms with Crippen LogP contribution in [0.25, 0.3) is 0 Å². The van der Waals surface area contributed by atoms with Crippen molar-refractivity contribution in [2.45, 2.75) is 17.4 Å². The molecule has 0 saturated heterocycles. The molecule has 1 N–H and O–H groups in total. The maximum absolute atomic E-state index is 11.5. The highest BCUT2D eigenvalue weighted by molar-refractivity contribution is 7.91. The van der Waals surface area contributed by atoms with Crippen molar-refractivity contribution in [1.29, 1.82) is 0 Å². The van der Waals surface area contributed by atoms with E-state index in [0.29, 0.717) is 12.0 Å². The Balaban J connectivity index is 0.000000980. The van der Waals surface area contributed by atoms with E-state index in [1.54, 1.807) is 24.3 Å². The summed E-state index contributed by atoms with van der Waals surface area (Å²) >= 11 is 0. The van der Waals surface area contributed by atoms with Gasteiger partial charge in [0.05, 0.1) is 16.8 Å². The molecule has 14 heavy (non-hydrogen) atoms. The lowest BCUT2D eigenvalue weighted by Gasteiger charge is -2.20. The second-order valence-corrected chi connectivity index (χ2v) is 5.24. The highest BCUT2D eigenvalue weighted by Crippen LogP contribution is 2.31. The molecule has 0 aromatic heterocycles. The van der Waals surface area contributed by atoms with Crippen molar-refractivity contribution in [3.05, 3.63) is 29.8 Å². The van der Waals surface area contributed by atoms with E-state index < -0.39 is 15.9 Å². The molecule has 5 heteroatoms. The molecule has 1 unspecified atom stereocenters. The van der Waals surface area contributed by atoms with Gasteiger partial charge in [0.25, 0.3) is 0 Å². The van der Waals surface area contributed by atoms with Gasteiger partial charge in [0, 0.05) is 0 Å². The Morgan fingerprint density at radius 2 is 1.93 bits per heavy atom. The number of aliphatic hydroxyl groups excluding tert-OH is 1. The van der Waals surface area contributed by atoms with Gasteiger partial charge in [-0.25, -0.2) is 8.42 Å². The molecule has 1 aliphatic heterocycles. The molecule has 78 valence electrons. The molecule has 1 heterocycles. The van der Waals surface area contributed by atoms with E-state index in [1.807, 2.05) is 0 Å². The Bertz CT molecular complexity index is 427. The average Bonchev–Trinajstić information content (AvgIpc) is 2.13. The lowest BCUT2D eigenvalue weighted by atomic mass is 10.1. The number of fused-ring (bicyclic) bond motifs is 1. The van der Waals surface area contributed by atoms with Gasteiger partial charge in [0.1, 0.15) is 0 Å². The van der Waals surface area contributed by atoms with Gasteiger partial charge < -0.3 is 5.11 Å². The van der Waals surface area contributed by atoms with Crippen LogP contribution in [0.3, 0.4) is 0 Å². The number of hydrogen-bond acceptors (Lipinski definition) is 3. The van der Waals surface area contributed by atoms with E-state index in [-0.39, 0.29) is 23.1 Å². The summed E-state index contributed by atoms with van der Waals surface area (Å²) in [6, 6.07) is 6.63. The highest BCUT2D eigenvalue weighted by atomic mass is 35.5. The molecular weight excluding hydrogens is 224 g/mol. The molecule has 2 rings (SSSR count). The van der Waals surface area contributed by atoms with Crippen molar-refractivity contribution < 1.29 is 13.5 Å². The lowest BCUT2D eigenvalue weighted by Crippen LogP contribution is -2.19. The Morgan fingerprint density at radius 3 is 2.57 bits per heavy atom. The lowest BCUT2D eigenvalue weighted by molar-refractivity contribution is 0.168. The monoisotopic (exact) mass is 234 g/mol. The van der Waals surface area contributed by atoms with Crippen LogP contribution < -0.4 is 0 Å². The van der Waals surface area contributed by atoms with Crippen LogP contribution in [0.1, 0.15) is 18.1 Å². The molecule has 0 bridgehead atoms. The fraction of sp³-hybridized carbons (Fsp3) is 0.333.